The summed E-state index contributed by atoms with van der Waals surface area (Å²) in [5.41, 5.74) is 0.315. The number of nitrogens with zero attached hydrogens (tertiary/aromatic N) is 1. The van der Waals surface area contributed by atoms with Crippen LogP contribution in [0.25, 0.3) is 0 Å². The van der Waals surface area contributed by atoms with Gasteiger partial charge in [-0.1, -0.05) is 24.0 Å². The summed E-state index contributed by atoms with van der Waals surface area (Å²) in [5, 5.41) is 18.7. The Labute approximate surface area is 112 Å². The van der Waals surface area contributed by atoms with Gasteiger partial charge in [-0.05, 0) is 25.5 Å². The number of rotatable bonds is 1. The highest BCUT2D eigenvalue weighted by Crippen LogP contribution is 2.22. The summed E-state index contributed by atoms with van der Waals surface area (Å²) in [6.07, 6.45) is 0.587. The molecule has 1 saturated heterocycles. The number of β-amino-alcohol motifs (C(OH)–C–C–N with tert-alkyl or cyclic N) is 1. The molecule has 1 aliphatic heterocycles. The van der Waals surface area contributed by atoms with Crippen LogP contribution in [0.3, 0.4) is 0 Å². The molecule has 1 unspecified atom stereocenters. The molecule has 1 heterocycles. The summed E-state index contributed by atoms with van der Waals surface area (Å²) in [5.74, 6) is 5.21. The molecule has 1 amide bonds. The van der Waals surface area contributed by atoms with Crippen molar-refractivity contribution >= 4 is 5.91 Å². The number of hydrogen-bond donors (Lipinski definition) is 2. The van der Waals surface area contributed by atoms with Crippen molar-refractivity contribution in [3.63, 3.8) is 0 Å². The van der Waals surface area contributed by atoms with Crippen molar-refractivity contribution in [3.8, 4) is 11.8 Å². The summed E-state index contributed by atoms with van der Waals surface area (Å²) < 4.78 is 0. The van der Waals surface area contributed by atoms with Crippen molar-refractivity contribution in [1.82, 2.24) is 4.90 Å². The van der Waals surface area contributed by atoms with E-state index in [1.165, 1.54) is 0 Å². The Morgan fingerprint density at radius 2 is 2.21 bits per heavy atom. The zero-order valence-electron chi connectivity index (χ0n) is 10.9. The molecule has 19 heavy (non-hydrogen) atoms. The lowest BCUT2D eigenvalue weighted by molar-refractivity contribution is 0.0572. The van der Waals surface area contributed by atoms with E-state index < -0.39 is 5.60 Å². The highest BCUT2D eigenvalue weighted by Gasteiger charge is 2.34. The van der Waals surface area contributed by atoms with Gasteiger partial charge < -0.3 is 15.1 Å². The molecule has 4 heteroatoms. The molecule has 1 fully saturated rings. The molecule has 0 aromatic heterocycles. The summed E-state index contributed by atoms with van der Waals surface area (Å²) in [6.45, 7) is 2.39. The van der Waals surface area contributed by atoms with E-state index in [4.69, 9.17) is 5.11 Å². The zero-order valence-corrected chi connectivity index (χ0v) is 10.9. The number of aliphatic hydroxyl groups excluding tert-OH is 1. The lowest BCUT2D eigenvalue weighted by Gasteiger charge is -2.19. The molecule has 0 radical (unpaired) electrons. The first-order valence-electron chi connectivity index (χ1n) is 6.24. The SMILES string of the molecule is CC1(O)CCN(C(=O)c2ccccc2C#CCO)C1. The average molecular weight is 259 g/mol. The van der Waals surface area contributed by atoms with Crippen molar-refractivity contribution in [3.05, 3.63) is 35.4 Å². The van der Waals surface area contributed by atoms with Crippen molar-refractivity contribution in [1.29, 1.82) is 0 Å². The molecule has 0 spiro atoms. The molecule has 100 valence electrons. The summed E-state index contributed by atoms with van der Waals surface area (Å²) in [6, 6.07) is 7.06. The van der Waals surface area contributed by atoms with Crippen LogP contribution in [0.1, 0.15) is 29.3 Å². The Balaban J connectivity index is 2.25. The van der Waals surface area contributed by atoms with Gasteiger partial charge in [0.15, 0.2) is 0 Å². The van der Waals surface area contributed by atoms with Crippen LogP contribution in [-0.2, 0) is 0 Å². The van der Waals surface area contributed by atoms with Gasteiger partial charge in [0, 0.05) is 18.7 Å². The largest absolute Gasteiger partial charge is 0.388 e. The quantitative estimate of drug-likeness (QED) is 0.727. The van der Waals surface area contributed by atoms with Gasteiger partial charge in [-0.25, -0.2) is 0 Å². The van der Waals surface area contributed by atoms with Crippen LogP contribution in [0.2, 0.25) is 0 Å². The Morgan fingerprint density at radius 1 is 1.47 bits per heavy atom. The topological polar surface area (TPSA) is 60.8 Å². The Kier molecular flexibility index (Phi) is 3.89. The smallest absolute Gasteiger partial charge is 0.255 e. The summed E-state index contributed by atoms with van der Waals surface area (Å²) >= 11 is 0. The monoisotopic (exact) mass is 259 g/mol. The van der Waals surface area contributed by atoms with Gasteiger partial charge in [-0.3, -0.25) is 4.79 Å². The number of carbonyl (C=O) groups is 1. The van der Waals surface area contributed by atoms with Crippen LogP contribution in [0, 0.1) is 11.8 Å². The maximum Gasteiger partial charge on any atom is 0.255 e. The van der Waals surface area contributed by atoms with Crippen molar-refractivity contribution in [2.24, 2.45) is 0 Å². The fourth-order valence-corrected chi connectivity index (χ4v) is 2.20. The molecule has 0 aliphatic carbocycles. The molecule has 1 atom stereocenters. The van der Waals surface area contributed by atoms with Gasteiger partial charge in [0.25, 0.3) is 5.91 Å². The van der Waals surface area contributed by atoms with E-state index >= 15 is 0 Å². The van der Waals surface area contributed by atoms with Crippen molar-refractivity contribution in [2.45, 2.75) is 18.9 Å². The van der Waals surface area contributed by atoms with Crippen molar-refractivity contribution in [2.75, 3.05) is 19.7 Å². The van der Waals surface area contributed by atoms with Gasteiger partial charge in [-0.2, -0.15) is 0 Å². The van der Waals surface area contributed by atoms with E-state index in [9.17, 15) is 9.90 Å². The van der Waals surface area contributed by atoms with Crippen LogP contribution < -0.4 is 0 Å². The number of benzene rings is 1. The van der Waals surface area contributed by atoms with E-state index in [1.54, 1.807) is 36.1 Å². The van der Waals surface area contributed by atoms with Gasteiger partial charge >= 0.3 is 0 Å². The molecular weight excluding hydrogens is 242 g/mol. The maximum atomic E-state index is 12.4. The van der Waals surface area contributed by atoms with Crippen molar-refractivity contribution < 1.29 is 15.0 Å². The maximum absolute atomic E-state index is 12.4. The molecule has 1 aromatic carbocycles. The highest BCUT2D eigenvalue weighted by molar-refractivity contribution is 5.97. The van der Waals surface area contributed by atoms with Crippen LogP contribution in [0.5, 0.6) is 0 Å². The molecule has 2 rings (SSSR count). The first kappa shape index (κ1) is 13.6. The second-order valence-electron chi connectivity index (χ2n) is 4.98. The number of carbonyl (C=O) groups excluding carboxylic acids is 1. The van der Waals surface area contributed by atoms with Crippen LogP contribution in [0.15, 0.2) is 24.3 Å². The fraction of sp³-hybridized carbons (Fsp3) is 0.400. The van der Waals surface area contributed by atoms with E-state index in [-0.39, 0.29) is 12.5 Å². The molecular formula is C15H17NO3. The van der Waals surface area contributed by atoms with Gasteiger partial charge in [0.2, 0.25) is 0 Å². The van der Waals surface area contributed by atoms with E-state index in [2.05, 4.69) is 11.8 Å². The summed E-state index contributed by atoms with van der Waals surface area (Å²) in [4.78, 5) is 14.0. The molecule has 2 N–H and O–H groups in total. The molecule has 4 nitrogen and oxygen atoms in total. The lowest BCUT2D eigenvalue weighted by atomic mass is 10.1. The predicted octanol–water partition coefficient (Wildman–Crippen LogP) is 0.627. The Morgan fingerprint density at radius 3 is 2.84 bits per heavy atom. The molecule has 0 bridgehead atoms. The Hall–Kier alpha value is -1.83. The fourth-order valence-electron chi connectivity index (χ4n) is 2.20. The van der Waals surface area contributed by atoms with Crippen LogP contribution in [0.4, 0.5) is 0 Å². The third-order valence-corrected chi connectivity index (χ3v) is 3.20. The average Bonchev–Trinajstić information content (AvgIpc) is 2.76. The van der Waals surface area contributed by atoms with Crippen LogP contribution in [-0.4, -0.2) is 46.3 Å². The first-order valence-corrected chi connectivity index (χ1v) is 6.24. The molecule has 1 aliphatic rings. The number of aliphatic hydroxyl groups is 2. The highest BCUT2D eigenvalue weighted by atomic mass is 16.3. The van der Waals surface area contributed by atoms with Gasteiger partial charge in [-0.15, -0.1) is 0 Å². The van der Waals surface area contributed by atoms with E-state index in [0.717, 1.165) is 0 Å². The first-order chi connectivity index (χ1) is 9.03. The lowest BCUT2D eigenvalue weighted by Crippen LogP contribution is -2.34. The third-order valence-electron chi connectivity index (χ3n) is 3.20. The summed E-state index contributed by atoms with van der Waals surface area (Å²) in [7, 11) is 0. The minimum Gasteiger partial charge on any atom is -0.388 e. The van der Waals surface area contributed by atoms with Gasteiger partial charge in [0.1, 0.15) is 6.61 Å². The van der Waals surface area contributed by atoms with Gasteiger partial charge in [0.05, 0.1) is 11.2 Å². The standard InChI is InChI=1S/C15H17NO3/c1-15(19)8-9-16(11-15)14(18)13-7-3-2-5-12(13)6-4-10-17/h2-3,5,7,17,19H,8-11H2,1H3. The van der Waals surface area contributed by atoms with Crippen LogP contribution >= 0.6 is 0 Å². The predicted molar refractivity (Wildman–Crippen MR) is 71.6 cm³/mol. The normalized spacial score (nSPS) is 21.9. The van der Waals surface area contributed by atoms with E-state index in [1.807, 2.05) is 0 Å². The number of likely N-dealkylation sites (tertiary alicyclic amines) is 1. The minimum absolute atomic E-state index is 0.124. The molecule has 0 saturated carbocycles. The third kappa shape index (κ3) is 3.14. The molecule has 1 aromatic rings. The second kappa shape index (κ2) is 5.43. The van der Waals surface area contributed by atoms with E-state index in [0.29, 0.717) is 30.6 Å². The second-order valence-corrected chi connectivity index (χ2v) is 4.98. The zero-order chi connectivity index (χ0) is 13.9. The number of amides is 1. The number of hydrogen-bond acceptors (Lipinski definition) is 3. The minimum atomic E-state index is -0.804. The Bertz CT molecular complexity index is 540.